The molecule has 13 aromatic rings. The van der Waals surface area contributed by atoms with Gasteiger partial charge < -0.3 is 4.57 Å². The van der Waals surface area contributed by atoms with Gasteiger partial charge in [-0.25, -0.2) is 9.97 Å². The third-order valence-electron chi connectivity index (χ3n) is 11.6. The molecule has 8 heteroatoms. The van der Waals surface area contributed by atoms with E-state index in [-0.39, 0.29) is 0 Å². The van der Waals surface area contributed by atoms with Gasteiger partial charge in [-0.2, -0.15) is 9.97 Å². The lowest BCUT2D eigenvalue weighted by Gasteiger charge is -2.14. The highest BCUT2D eigenvalue weighted by atomic mass is 32.1. The second-order valence-corrected chi connectivity index (χ2v) is 17.2. The van der Waals surface area contributed by atoms with Crippen molar-refractivity contribution in [2.24, 2.45) is 0 Å². The van der Waals surface area contributed by atoms with Crippen molar-refractivity contribution in [2.75, 3.05) is 0 Å². The van der Waals surface area contributed by atoms with Crippen molar-refractivity contribution >= 4 is 96.7 Å². The summed E-state index contributed by atoms with van der Waals surface area (Å²) >= 11 is 3.53. The van der Waals surface area contributed by atoms with Crippen molar-refractivity contribution in [1.29, 1.82) is 0 Å². The highest BCUT2D eigenvalue weighted by molar-refractivity contribution is 7.25. The van der Waals surface area contributed by atoms with Gasteiger partial charge in [0.05, 0.1) is 32.3 Å². The molecular weight excluding hydrogens is 773 g/mol. The van der Waals surface area contributed by atoms with Gasteiger partial charge in [-0.05, 0) is 60.7 Å². The van der Waals surface area contributed by atoms with Crippen LogP contribution in [0.5, 0.6) is 0 Å². The summed E-state index contributed by atoms with van der Waals surface area (Å²) in [5.41, 5.74) is 9.28. The van der Waals surface area contributed by atoms with Crippen LogP contribution < -0.4 is 0 Å². The Bertz CT molecular complexity index is 3820. The standard InChI is InChI=1S/C52H30N6S2/c1-2-13-31(14-3-1)49-54-50(32-25-28-45-40(30-32)37-19-6-10-23-44(37)59-45)56-52(55-49)58-43-22-9-5-18-36(43)39-27-26-38-35-17-4-8-21-42(35)57(47(38)48(39)58)34-16-12-15-33(29-34)51-53-41-20-7-11-24-46(41)60-51/h1-30H. The summed E-state index contributed by atoms with van der Waals surface area (Å²) < 4.78 is 8.35. The summed E-state index contributed by atoms with van der Waals surface area (Å²) in [6.07, 6.45) is 0. The molecule has 0 aliphatic rings. The van der Waals surface area contributed by atoms with Crippen molar-refractivity contribution in [3.05, 3.63) is 182 Å². The fourth-order valence-electron chi connectivity index (χ4n) is 8.93. The Kier molecular flexibility index (Phi) is 7.24. The monoisotopic (exact) mass is 802 g/mol. The maximum atomic E-state index is 5.41. The molecule has 0 aliphatic heterocycles. The second kappa shape index (κ2) is 13.0. The molecule has 0 fully saturated rings. The molecule has 0 spiro atoms. The Morgan fingerprint density at radius 3 is 1.75 bits per heavy atom. The summed E-state index contributed by atoms with van der Waals surface area (Å²) in [6, 6.07) is 64.4. The highest BCUT2D eigenvalue weighted by Crippen LogP contribution is 2.43. The molecule has 0 aliphatic carbocycles. The van der Waals surface area contributed by atoms with Crippen molar-refractivity contribution in [1.82, 2.24) is 29.1 Å². The maximum absolute atomic E-state index is 5.41. The smallest absolute Gasteiger partial charge is 0.238 e. The van der Waals surface area contributed by atoms with Crippen molar-refractivity contribution < 1.29 is 0 Å². The molecule has 0 bridgehead atoms. The van der Waals surface area contributed by atoms with Gasteiger partial charge in [-0.15, -0.1) is 22.7 Å². The SMILES string of the molecule is c1ccc(-c2nc(-c3ccc4sc5ccccc5c4c3)nc(-n3c4ccccc4c4ccc5c6ccccc6n(-c6cccc(-c7nc8ccccc8s7)c6)c5c43)n2)cc1. The number of fused-ring (bicyclic) bond motifs is 11. The van der Waals surface area contributed by atoms with E-state index in [4.69, 9.17) is 19.9 Å². The number of para-hydroxylation sites is 3. The first-order chi connectivity index (χ1) is 29.7. The lowest BCUT2D eigenvalue weighted by molar-refractivity contribution is 0.953. The molecule has 6 nitrogen and oxygen atoms in total. The quantitative estimate of drug-likeness (QED) is 0.174. The number of nitrogens with zero attached hydrogens (tertiary/aromatic N) is 6. The van der Waals surface area contributed by atoms with Gasteiger partial charge in [0, 0.05) is 64.1 Å². The van der Waals surface area contributed by atoms with Gasteiger partial charge in [0.15, 0.2) is 11.6 Å². The highest BCUT2D eigenvalue weighted by Gasteiger charge is 2.24. The molecule has 0 unspecified atom stereocenters. The van der Waals surface area contributed by atoms with Gasteiger partial charge in [0.25, 0.3) is 0 Å². The van der Waals surface area contributed by atoms with E-state index in [1.54, 1.807) is 11.3 Å². The molecule has 0 amide bonds. The van der Waals surface area contributed by atoms with Crippen LogP contribution >= 0.6 is 22.7 Å². The summed E-state index contributed by atoms with van der Waals surface area (Å²) in [6.45, 7) is 0. The number of rotatable bonds is 5. The van der Waals surface area contributed by atoms with E-state index < -0.39 is 0 Å². The Morgan fingerprint density at radius 2 is 0.967 bits per heavy atom. The topological polar surface area (TPSA) is 61.4 Å². The predicted molar refractivity (Wildman–Crippen MR) is 251 cm³/mol. The van der Waals surface area contributed by atoms with E-state index in [0.717, 1.165) is 71.1 Å². The van der Waals surface area contributed by atoms with Crippen LogP contribution in [0.15, 0.2) is 182 Å². The fourth-order valence-corrected chi connectivity index (χ4v) is 11.0. The Balaban J connectivity index is 1.12. The lowest BCUT2D eigenvalue weighted by atomic mass is 10.1. The maximum Gasteiger partial charge on any atom is 0.238 e. The van der Waals surface area contributed by atoms with E-state index in [1.165, 1.54) is 30.3 Å². The number of aromatic nitrogens is 6. The summed E-state index contributed by atoms with van der Waals surface area (Å²) in [5, 5.41) is 8.02. The summed E-state index contributed by atoms with van der Waals surface area (Å²) in [7, 11) is 0. The minimum Gasteiger partial charge on any atom is -0.307 e. The largest absolute Gasteiger partial charge is 0.307 e. The molecule has 13 rings (SSSR count). The zero-order valence-electron chi connectivity index (χ0n) is 31.8. The Labute approximate surface area is 350 Å². The van der Waals surface area contributed by atoms with Crippen molar-refractivity contribution in [2.45, 2.75) is 0 Å². The summed E-state index contributed by atoms with van der Waals surface area (Å²) in [5.74, 6) is 1.80. The van der Waals surface area contributed by atoms with Gasteiger partial charge in [0.1, 0.15) is 5.01 Å². The van der Waals surface area contributed by atoms with Crippen LogP contribution in [0.25, 0.3) is 119 Å². The van der Waals surface area contributed by atoms with Crippen LogP contribution in [0, 0.1) is 0 Å². The van der Waals surface area contributed by atoms with Gasteiger partial charge in [-0.3, -0.25) is 4.57 Å². The predicted octanol–water partition coefficient (Wildman–Crippen LogP) is 14.0. The molecular formula is C52H30N6S2. The van der Waals surface area contributed by atoms with Crippen LogP contribution in [-0.4, -0.2) is 29.1 Å². The van der Waals surface area contributed by atoms with Crippen LogP contribution in [0.1, 0.15) is 0 Å². The number of hydrogen-bond donors (Lipinski definition) is 0. The Morgan fingerprint density at radius 1 is 0.350 bits per heavy atom. The van der Waals surface area contributed by atoms with E-state index in [2.05, 4.69) is 167 Å². The molecule has 0 N–H and O–H groups in total. The molecule has 0 atom stereocenters. The fraction of sp³-hybridized carbons (Fsp3) is 0. The summed E-state index contributed by atoms with van der Waals surface area (Å²) in [4.78, 5) is 21.0. The minimum absolute atomic E-state index is 0.563. The normalized spacial score (nSPS) is 12.0. The number of thiazole rings is 1. The first-order valence-corrected chi connectivity index (χ1v) is 21.5. The zero-order valence-corrected chi connectivity index (χ0v) is 33.5. The average molecular weight is 803 g/mol. The van der Waals surface area contributed by atoms with Crippen LogP contribution in [0.2, 0.25) is 0 Å². The van der Waals surface area contributed by atoms with Gasteiger partial charge in [-0.1, -0.05) is 121 Å². The lowest BCUT2D eigenvalue weighted by Crippen LogP contribution is -2.07. The molecule has 280 valence electrons. The number of hydrogen-bond acceptors (Lipinski definition) is 6. The van der Waals surface area contributed by atoms with Gasteiger partial charge >= 0.3 is 0 Å². The second-order valence-electron chi connectivity index (χ2n) is 15.1. The van der Waals surface area contributed by atoms with Crippen LogP contribution in [0.4, 0.5) is 0 Å². The van der Waals surface area contributed by atoms with E-state index >= 15 is 0 Å². The molecule has 0 saturated heterocycles. The molecule has 60 heavy (non-hydrogen) atoms. The van der Waals surface area contributed by atoms with E-state index in [0.29, 0.717) is 17.6 Å². The third kappa shape index (κ3) is 5.05. The third-order valence-corrected chi connectivity index (χ3v) is 13.8. The molecule has 8 aromatic carbocycles. The first kappa shape index (κ1) is 33.5. The number of benzene rings is 8. The first-order valence-electron chi connectivity index (χ1n) is 19.9. The Hall–Kier alpha value is -7.52. The van der Waals surface area contributed by atoms with Crippen molar-refractivity contribution in [3.8, 4) is 45.0 Å². The van der Waals surface area contributed by atoms with Gasteiger partial charge in [0.2, 0.25) is 5.95 Å². The average Bonchev–Trinajstić information content (AvgIpc) is 4.08. The van der Waals surface area contributed by atoms with E-state index in [9.17, 15) is 0 Å². The van der Waals surface area contributed by atoms with Crippen LogP contribution in [0.3, 0.4) is 0 Å². The number of thiophene rings is 1. The van der Waals surface area contributed by atoms with Crippen molar-refractivity contribution in [3.63, 3.8) is 0 Å². The molecule has 0 radical (unpaired) electrons. The molecule has 5 heterocycles. The molecule has 5 aromatic heterocycles. The molecule has 0 saturated carbocycles. The van der Waals surface area contributed by atoms with Crippen LogP contribution in [-0.2, 0) is 0 Å². The van der Waals surface area contributed by atoms with E-state index in [1.807, 2.05) is 35.6 Å². The zero-order chi connectivity index (χ0) is 39.3. The minimum atomic E-state index is 0.563.